The molecule has 3 aromatic carbocycles. The standard InChI is InChI=1S/C25H24N4O4/c1-17-7-3-5-9-21(17)27-23(30)16-33-20-13-11-19(12-14-20)15-26-29-25(32)24(31)28-22-10-6-4-8-18(22)2/h3-15H,16H2,1-2H3,(H,27,30)(H,28,31)(H,29,32)/b26-15-. The van der Waals surface area contributed by atoms with Crippen molar-refractivity contribution in [1.82, 2.24) is 5.43 Å². The van der Waals surface area contributed by atoms with Crippen molar-refractivity contribution in [3.63, 3.8) is 0 Å². The molecular formula is C25H24N4O4. The van der Waals surface area contributed by atoms with Crippen LogP contribution in [0.15, 0.2) is 77.9 Å². The summed E-state index contributed by atoms with van der Waals surface area (Å²) in [6, 6.07) is 21.4. The van der Waals surface area contributed by atoms with E-state index in [1.807, 2.05) is 50.2 Å². The van der Waals surface area contributed by atoms with Crippen molar-refractivity contribution in [3.8, 4) is 5.75 Å². The van der Waals surface area contributed by atoms with Gasteiger partial charge in [-0.15, -0.1) is 0 Å². The smallest absolute Gasteiger partial charge is 0.329 e. The zero-order chi connectivity index (χ0) is 23.6. The maximum atomic E-state index is 12.1. The largest absolute Gasteiger partial charge is 0.484 e. The van der Waals surface area contributed by atoms with Crippen molar-refractivity contribution in [3.05, 3.63) is 89.5 Å². The lowest BCUT2D eigenvalue weighted by atomic mass is 10.2. The van der Waals surface area contributed by atoms with E-state index in [2.05, 4.69) is 21.2 Å². The number of ether oxygens (including phenoxy) is 1. The van der Waals surface area contributed by atoms with E-state index in [9.17, 15) is 14.4 Å². The van der Waals surface area contributed by atoms with E-state index >= 15 is 0 Å². The third-order valence-electron chi connectivity index (χ3n) is 4.65. The summed E-state index contributed by atoms with van der Waals surface area (Å²) in [6.45, 7) is 3.61. The Balaban J connectivity index is 1.44. The molecule has 0 heterocycles. The van der Waals surface area contributed by atoms with Crippen LogP contribution in [-0.2, 0) is 14.4 Å². The molecule has 0 aliphatic heterocycles. The number of rotatable bonds is 7. The summed E-state index contributed by atoms with van der Waals surface area (Å²) in [5.41, 5.74) is 5.97. The van der Waals surface area contributed by atoms with Crippen LogP contribution in [0, 0.1) is 13.8 Å². The number of anilines is 2. The Labute approximate surface area is 191 Å². The van der Waals surface area contributed by atoms with Crippen molar-refractivity contribution in [2.45, 2.75) is 13.8 Å². The number of para-hydroxylation sites is 2. The normalized spacial score (nSPS) is 10.5. The first-order valence-corrected chi connectivity index (χ1v) is 10.2. The molecule has 3 amide bonds. The fraction of sp³-hybridized carbons (Fsp3) is 0.120. The van der Waals surface area contributed by atoms with Crippen molar-refractivity contribution >= 4 is 35.3 Å². The predicted molar refractivity (Wildman–Crippen MR) is 127 cm³/mol. The summed E-state index contributed by atoms with van der Waals surface area (Å²) in [5, 5.41) is 9.13. The fourth-order valence-electron chi connectivity index (χ4n) is 2.81. The first-order valence-electron chi connectivity index (χ1n) is 10.2. The van der Waals surface area contributed by atoms with Gasteiger partial charge in [-0.3, -0.25) is 14.4 Å². The maximum Gasteiger partial charge on any atom is 0.329 e. The number of benzene rings is 3. The number of carbonyl (C=O) groups is 3. The SMILES string of the molecule is Cc1ccccc1NC(=O)COc1ccc(/C=N\NC(=O)C(=O)Nc2ccccc2C)cc1. The van der Waals surface area contributed by atoms with E-state index in [0.717, 1.165) is 16.8 Å². The number of hydrogen-bond acceptors (Lipinski definition) is 5. The number of nitrogens with one attached hydrogen (secondary N) is 3. The number of amides is 3. The lowest BCUT2D eigenvalue weighted by molar-refractivity contribution is -0.136. The molecule has 0 aliphatic rings. The minimum Gasteiger partial charge on any atom is -0.484 e. The van der Waals surface area contributed by atoms with E-state index in [0.29, 0.717) is 17.0 Å². The highest BCUT2D eigenvalue weighted by Gasteiger charge is 2.13. The second-order valence-electron chi connectivity index (χ2n) is 7.19. The summed E-state index contributed by atoms with van der Waals surface area (Å²) in [6.07, 6.45) is 1.40. The molecule has 8 nitrogen and oxygen atoms in total. The molecule has 0 bridgehead atoms. The van der Waals surface area contributed by atoms with Crippen molar-refractivity contribution in [2.75, 3.05) is 17.2 Å². The highest BCUT2D eigenvalue weighted by molar-refractivity contribution is 6.39. The van der Waals surface area contributed by atoms with Crippen molar-refractivity contribution < 1.29 is 19.1 Å². The van der Waals surface area contributed by atoms with E-state index < -0.39 is 11.8 Å². The van der Waals surface area contributed by atoms with Gasteiger partial charge in [-0.25, -0.2) is 5.43 Å². The van der Waals surface area contributed by atoms with Crippen LogP contribution in [0.1, 0.15) is 16.7 Å². The molecule has 3 aromatic rings. The molecule has 0 radical (unpaired) electrons. The second-order valence-corrected chi connectivity index (χ2v) is 7.19. The first-order chi connectivity index (χ1) is 15.9. The summed E-state index contributed by atoms with van der Waals surface area (Å²) in [4.78, 5) is 35.9. The topological polar surface area (TPSA) is 109 Å². The monoisotopic (exact) mass is 444 g/mol. The molecule has 8 heteroatoms. The summed E-state index contributed by atoms with van der Waals surface area (Å²) in [7, 11) is 0. The van der Waals surface area contributed by atoms with Gasteiger partial charge in [0.05, 0.1) is 6.21 Å². The van der Waals surface area contributed by atoms with Gasteiger partial charge in [0.1, 0.15) is 5.75 Å². The average Bonchev–Trinajstić information content (AvgIpc) is 2.81. The second kappa shape index (κ2) is 11.2. The molecular weight excluding hydrogens is 420 g/mol. The lowest BCUT2D eigenvalue weighted by Gasteiger charge is -2.09. The Morgan fingerprint density at radius 1 is 0.788 bits per heavy atom. The van der Waals surface area contributed by atoms with E-state index in [-0.39, 0.29) is 12.5 Å². The minimum absolute atomic E-state index is 0.131. The molecule has 0 aromatic heterocycles. The zero-order valence-electron chi connectivity index (χ0n) is 18.3. The van der Waals surface area contributed by atoms with Gasteiger partial charge >= 0.3 is 11.8 Å². The Morgan fingerprint density at radius 2 is 1.36 bits per heavy atom. The molecule has 3 rings (SSSR count). The third kappa shape index (κ3) is 7.03. The molecule has 0 saturated carbocycles. The van der Waals surface area contributed by atoms with Crippen LogP contribution in [0.5, 0.6) is 5.75 Å². The van der Waals surface area contributed by atoms with E-state index in [1.165, 1.54) is 6.21 Å². The molecule has 0 fully saturated rings. The quantitative estimate of drug-likeness (QED) is 0.295. The fourth-order valence-corrected chi connectivity index (χ4v) is 2.81. The molecule has 0 spiro atoms. The Hall–Kier alpha value is -4.46. The van der Waals surface area contributed by atoms with Crippen LogP contribution in [0.2, 0.25) is 0 Å². The van der Waals surface area contributed by atoms with Gasteiger partial charge < -0.3 is 15.4 Å². The third-order valence-corrected chi connectivity index (χ3v) is 4.65. The van der Waals surface area contributed by atoms with Gasteiger partial charge in [0, 0.05) is 11.4 Å². The van der Waals surface area contributed by atoms with E-state index in [1.54, 1.807) is 36.4 Å². The van der Waals surface area contributed by atoms with Gasteiger partial charge in [-0.05, 0) is 66.9 Å². The Kier molecular flexibility index (Phi) is 7.91. The van der Waals surface area contributed by atoms with Crippen LogP contribution >= 0.6 is 0 Å². The summed E-state index contributed by atoms with van der Waals surface area (Å²) < 4.78 is 5.50. The maximum absolute atomic E-state index is 12.1. The van der Waals surface area contributed by atoms with Crippen LogP contribution in [0.3, 0.4) is 0 Å². The molecule has 168 valence electrons. The molecule has 0 unspecified atom stereocenters. The molecule has 0 saturated heterocycles. The number of carbonyl (C=O) groups excluding carboxylic acids is 3. The summed E-state index contributed by atoms with van der Waals surface area (Å²) in [5.74, 6) is -1.45. The van der Waals surface area contributed by atoms with Gasteiger partial charge in [0.2, 0.25) is 0 Å². The molecule has 3 N–H and O–H groups in total. The Bertz CT molecular complexity index is 1170. The highest BCUT2D eigenvalue weighted by atomic mass is 16.5. The van der Waals surface area contributed by atoms with Crippen LogP contribution < -0.4 is 20.8 Å². The number of hydrogen-bond donors (Lipinski definition) is 3. The number of hydrazone groups is 1. The molecule has 0 atom stereocenters. The van der Waals surface area contributed by atoms with Gasteiger partial charge in [0.25, 0.3) is 5.91 Å². The number of nitrogens with zero attached hydrogens (tertiary/aromatic N) is 1. The summed E-state index contributed by atoms with van der Waals surface area (Å²) >= 11 is 0. The van der Waals surface area contributed by atoms with E-state index in [4.69, 9.17) is 4.74 Å². The lowest BCUT2D eigenvalue weighted by Crippen LogP contribution is -2.32. The Morgan fingerprint density at radius 3 is 1.97 bits per heavy atom. The van der Waals surface area contributed by atoms with Gasteiger partial charge in [-0.2, -0.15) is 5.10 Å². The number of aryl methyl sites for hydroxylation is 2. The van der Waals surface area contributed by atoms with Crippen LogP contribution in [0.25, 0.3) is 0 Å². The van der Waals surface area contributed by atoms with Crippen molar-refractivity contribution in [2.24, 2.45) is 5.10 Å². The average molecular weight is 444 g/mol. The van der Waals surface area contributed by atoms with Crippen LogP contribution in [-0.4, -0.2) is 30.5 Å². The highest BCUT2D eigenvalue weighted by Crippen LogP contribution is 2.15. The molecule has 0 aliphatic carbocycles. The van der Waals surface area contributed by atoms with Crippen molar-refractivity contribution in [1.29, 1.82) is 0 Å². The predicted octanol–water partition coefficient (Wildman–Crippen LogP) is 3.41. The van der Waals surface area contributed by atoms with Crippen LogP contribution in [0.4, 0.5) is 11.4 Å². The molecule has 33 heavy (non-hydrogen) atoms. The van der Waals surface area contributed by atoms with Gasteiger partial charge in [-0.1, -0.05) is 36.4 Å². The van der Waals surface area contributed by atoms with Gasteiger partial charge in [0.15, 0.2) is 6.61 Å². The zero-order valence-corrected chi connectivity index (χ0v) is 18.3. The first kappa shape index (κ1) is 23.2. The minimum atomic E-state index is -0.880.